The highest BCUT2D eigenvalue weighted by molar-refractivity contribution is 7.11. The van der Waals surface area contributed by atoms with Crippen LogP contribution in [-0.2, 0) is 0 Å². The molecule has 1 heterocycles. The number of aryl methyl sites for hydroxylation is 1. The molecule has 22 heavy (non-hydrogen) atoms. The quantitative estimate of drug-likeness (QED) is 0.387. The van der Waals surface area contributed by atoms with Crippen LogP contribution in [0.4, 0.5) is 0 Å². The van der Waals surface area contributed by atoms with Crippen LogP contribution in [0, 0.1) is 12.8 Å². The summed E-state index contributed by atoms with van der Waals surface area (Å²) in [6, 6.07) is 0. The Bertz CT molecular complexity index is 484. The average Bonchev–Trinajstić information content (AvgIpc) is 2.91. The van der Waals surface area contributed by atoms with Crippen molar-refractivity contribution in [2.75, 3.05) is 26.7 Å². The Morgan fingerprint density at radius 2 is 1.95 bits per heavy atom. The molecular weight excluding hydrogens is 298 g/mol. The van der Waals surface area contributed by atoms with Crippen LogP contribution in [-0.4, -0.2) is 43.5 Å². The summed E-state index contributed by atoms with van der Waals surface area (Å²) in [5, 5.41) is 9.33. The fourth-order valence-electron chi connectivity index (χ4n) is 1.89. The minimum absolute atomic E-state index is 0.0679. The molecule has 0 atom stereocenters. The molecule has 0 unspecified atom stereocenters. The summed E-state index contributed by atoms with van der Waals surface area (Å²) >= 11 is 1.36. The maximum Gasteiger partial charge on any atom is 0.263 e. The summed E-state index contributed by atoms with van der Waals surface area (Å²) in [4.78, 5) is 20.8. The predicted molar refractivity (Wildman–Crippen MR) is 92.6 cm³/mol. The number of aliphatic imine (C=N–C) groups is 1. The lowest BCUT2D eigenvalue weighted by molar-refractivity contribution is 0.0957. The van der Waals surface area contributed by atoms with Crippen LogP contribution in [0.1, 0.15) is 42.1 Å². The van der Waals surface area contributed by atoms with Crippen LogP contribution in [0.25, 0.3) is 0 Å². The lowest BCUT2D eigenvalue weighted by Gasteiger charge is -2.12. The second-order valence-corrected chi connectivity index (χ2v) is 6.34. The SMILES string of the molecule is CN=C(NCCCC(C)C)NCCNC(=O)c1scnc1C. The molecule has 1 aromatic rings. The largest absolute Gasteiger partial charge is 0.356 e. The van der Waals surface area contributed by atoms with Crippen molar-refractivity contribution in [2.24, 2.45) is 10.9 Å². The zero-order valence-electron chi connectivity index (χ0n) is 13.9. The number of amides is 1. The van der Waals surface area contributed by atoms with Crippen LogP contribution in [0.3, 0.4) is 0 Å². The van der Waals surface area contributed by atoms with Crippen molar-refractivity contribution < 1.29 is 4.79 Å². The lowest BCUT2D eigenvalue weighted by atomic mass is 10.1. The van der Waals surface area contributed by atoms with Crippen LogP contribution in [0.15, 0.2) is 10.5 Å². The van der Waals surface area contributed by atoms with E-state index in [0.717, 1.165) is 30.5 Å². The van der Waals surface area contributed by atoms with E-state index in [1.54, 1.807) is 12.6 Å². The Hall–Kier alpha value is -1.63. The first-order valence-electron chi connectivity index (χ1n) is 7.67. The van der Waals surface area contributed by atoms with Crippen molar-refractivity contribution in [3.8, 4) is 0 Å². The van der Waals surface area contributed by atoms with Crippen LogP contribution < -0.4 is 16.0 Å². The van der Waals surface area contributed by atoms with E-state index in [0.29, 0.717) is 18.0 Å². The summed E-state index contributed by atoms with van der Waals surface area (Å²) < 4.78 is 0. The van der Waals surface area contributed by atoms with Gasteiger partial charge in [0.25, 0.3) is 5.91 Å². The van der Waals surface area contributed by atoms with Gasteiger partial charge >= 0.3 is 0 Å². The van der Waals surface area contributed by atoms with E-state index in [2.05, 4.69) is 39.8 Å². The third kappa shape index (κ3) is 6.89. The Kier molecular flexibility index (Phi) is 8.50. The van der Waals surface area contributed by atoms with E-state index in [4.69, 9.17) is 0 Å². The van der Waals surface area contributed by atoms with Gasteiger partial charge in [0.15, 0.2) is 5.96 Å². The van der Waals surface area contributed by atoms with Gasteiger partial charge in [-0.15, -0.1) is 11.3 Å². The van der Waals surface area contributed by atoms with Gasteiger partial charge in [-0.25, -0.2) is 4.98 Å². The minimum Gasteiger partial charge on any atom is -0.356 e. The molecule has 0 aliphatic rings. The number of guanidine groups is 1. The molecule has 0 spiro atoms. The van der Waals surface area contributed by atoms with Crippen molar-refractivity contribution in [1.29, 1.82) is 0 Å². The van der Waals surface area contributed by atoms with Crippen molar-refractivity contribution in [3.63, 3.8) is 0 Å². The number of carbonyl (C=O) groups is 1. The molecular formula is C15H27N5OS. The maximum absolute atomic E-state index is 11.9. The number of nitrogens with one attached hydrogen (secondary N) is 3. The van der Waals surface area contributed by atoms with Gasteiger partial charge in [-0.2, -0.15) is 0 Å². The van der Waals surface area contributed by atoms with E-state index in [1.165, 1.54) is 17.8 Å². The molecule has 6 nitrogen and oxygen atoms in total. The van der Waals surface area contributed by atoms with E-state index >= 15 is 0 Å². The van der Waals surface area contributed by atoms with Gasteiger partial charge in [-0.05, 0) is 25.7 Å². The number of hydrogen-bond donors (Lipinski definition) is 3. The highest BCUT2D eigenvalue weighted by atomic mass is 32.1. The second kappa shape index (κ2) is 10.2. The minimum atomic E-state index is -0.0679. The fourth-order valence-corrected chi connectivity index (χ4v) is 2.61. The van der Waals surface area contributed by atoms with Crippen molar-refractivity contribution in [3.05, 3.63) is 16.1 Å². The number of thiazole rings is 1. The smallest absolute Gasteiger partial charge is 0.263 e. The highest BCUT2D eigenvalue weighted by Gasteiger charge is 2.10. The summed E-state index contributed by atoms with van der Waals surface area (Å²) in [5.41, 5.74) is 2.46. The van der Waals surface area contributed by atoms with E-state index in [9.17, 15) is 4.79 Å². The van der Waals surface area contributed by atoms with Gasteiger partial charge in [0.2, 0.25) is 0 Å². The zero-order chi connectivity index (χ0) is 16.4. The number of nitrogens with zero attached hydrogens (tertiary/aromatic N) is 2. The van der Waals surface area contributed by atoms with E-state index in [1.807, 2.05) is 6.92 Å². The molecule has 0 bridgehead atoms. The Balaban J connectivity index is 2.17. The van der Waals surface area contributed by atoms with Crippen molar-refractivity contribution in [2.45, 2.75) is 33.6 Å². The Morgan fingerprint density at radius 3 is 2.55 bits per heavy atom. The average molecular weight is 325 g/mol. The maximum atomic E-state index is 11.9. The molecule has 0 aliphatic carbocycles. The Morgan fingerprint density at radius 1 is 1.27 bits per heavy atom. The van der Waals surface area contributed by atoms with E-state index < -0.39 is 0 Å². The van der Waals surface area contributed by atoms with Gasteiger partial charge in [0.1, 0.15) is 4.88 Å². The van der Waals surface area contributed by atoms with Gasteiger partial charge in [0.05, 0.1) is 11.2 Å². The molecule has 1 amide bonds. The first-order chi connectivity index (χ1) is 10.5. The van der Waals surface area contributed by atoms with Crippen molar-refractivity contribution in [1.82, 2.24) is 20.9 Å². The third-order valence-electron chi connectivity index (χ3n) is 3.13. The zero-order valence-corrected chi connectivity index (χ0v) is 14.7. The summed E-state index contributed by atoms with van der Waals surface area (Å²) in [6.45, 7) is 8.37. The highest BCUT2D eigenvalue weighted by Crippen LogP contribution is 2.11. The lowest BCUT2D eigenvalue weighted by Crippen LogP contribution is -2.41. The first-order valence-corrected chi connectivity index (χ1v) is 8.55. The number of carbonyl (C=O) groups excluding carboxylic acids is 1. The molecule has 0 radical (unpaired) electrons. The monoisotopic (exact) mass is 325 g/mol. The van der Waals surface area contributed by atoms with Crippen LogP contribution in [0.5, 0.6) is 0 Å². The number of hydrogen-bond acceptors (Lipinski definition) is 4. The number of aromatic nitrogens is 1. The van der Waals surface area contributed by atoms with Gasteiger partial charge in [-0.3, -0.25) is 9.79 Å². The number of rotatable bonds is 8. The van der Waals surface area contributed by atoms with Crippen LogP contribution >= 0.6 is 11.3 Å². The molecule has 0 aliphatic heterocycles. The third-order valence-corrected chi connectivity index (χ3v) is 4.06. The summed E-state index contributed by atoms with van der Waals surface area (Å²) in [7, 11) is 1.75. The topological polar surface area (TPSA) is 78.4 Å². The standard InChI is InChI=1S/C15H27N5OS/c1-11(2)6-5-7-18-15(16-4)19-9-8-17-14(21)13-12(3)20-10-22-13/h10-11H,5-9H2,1-4H3,(H,17,21)(H2,16,18,19). The Labute approximate surface area is 136 Å². The predicted octanol–water partition coefficient (Wildman–Crippen LogP) is 1.78. The summed E-state index contributed by atoms with van der Waals surface area (Å²) in [6.07, 6.45) is 2.33. The molecule has 0 saturated heterocycles. The molecule has 0 saturated carbocycles. The van der Waals surface area contributed by atoms with Crippen LogP contribution in [0.2, 0.25) is 0 Å². The molecule has 0 fully saturated rings. The molecule has 1 aromatic heterocycles. The normalized spacial score (nSPS) is 11.6. The van der Waals surface area contributed by atoms with Gasteiger partial charge in [-0.1, -0.05) is 13.8 Å². The molecule has 1 rings (SSSR count). The van der Waals surface area contributed by atoms with Gasteiger partial charge < -0.3 is 16.0 Å². The van der Waals surface area contributed by atoms with Crippen molar-refractivity contribution >= 4 is 23.2 Å². The molecule has 3 N–H and O–H groups in total. The van der Waals surface area contributed by atoms with Gasteiger partial charge in [0, 0.05) is 26.7 Å². The molecule has 0 aromatic carbocycles. The first kappa shape index (κ1) is 18.4. The molecule has 7 heteroatoms. The fraction of sp³-hybridized carbons (Fsp3) is 0.667. The second-order valence-electron chi connectivity index (χ2n) is 5.48. The molecule has 124 valence electrons. The summed E-state index contributed by atoms with van der Waals surface area (Å²) in [5.74, 6) is 1.43. The van der Waals surface area contributed by atoms with E-state index in [-0.39, 0.29) is 5.91 Å².